The van der Waals surface area contributed by atoms with Crippen LogP contribution in [0.4, 0.5) is 5.69 Å². The summed E-state index contributed by atoms with van der Waals surface area (Å²) in [4.78, 5) is 36.3. The standard InChI is InChI=1S/C27H28N4O6S/c1-35-20-13-17(14-21(36-2)24(20)37-3)25-28-18-8-7-16(11-19(18)29-25)12-22-26(33)31(27(34)38-22)15-23(32)30-9-5-4-6-10-30/h7-8,11-14,33H,4-6,9-10,15H2,1-3H3. The fraction of sp³-hybridized carbons (Fsp3) is 0.333. The lowest BCUT2D eigenvalue weighted by atomic mass is 10.1. The third-order valence-electron chi connectivity index (χ3n) is 6.57. The van der Waals surface area contributed by atoms with Crippen molar-refractivity contribution in [2.75, 3.05) is 34.4 Å². The molecule has 2 aromatic carbocycles. The first-order valence-corrected chi connectivity index (χ1v) is 13.0. The van der Waals surface area contributed by atoms with Gasteiger partial charge in [0.15, 0.2) is 17.3 Å². The number of piperidine rings is 1. The first-order valence-electron chi connectivity index (χ1n) is 12.2. The second kappa shape index (κ2) is 10.7. The molecule has 3 heterocycles. The topological polar surface area (TPSA) is 115 Å². The molecule has 1 N–H and O–H groups in total. The van der Waals surface area contributed by atoms with Gasteiger partial charge in [0, 0.05) is 18.7 Å². The van der Waals surface area contributed by atoms with Gasteiger partial charge in [-0.05, 0) is 54.8 Å². The Kier molecular flexibility index (Phi) is 7.19. The zero-order valence-electron chi connectivity index (χ0n) is 21.4. The van der Waals surface area contributed by atoms with E-state index in [0.717, 1.165) is 40.4 Å². The smallest absolute Gasteiger partial charge is 0.311 e. The van der Waals surface area contributed by atoms with Crippen LogP contribution in [0.1, 0.15) is 29.7 Å². The summed E-state index contributed by atoms with van der Waals surface area (Å²) < 4.78 is 17.4. The molecule has 0 radical (unpaired) electrons. The normalized spacial score (nSPS) is 15.1. The number of ether oxygens (including phenoxy) is 3. The molecule has 198 valence electrons. The summed E-state index contributed by atoms with van der Waals surface area (Å²) in [6, 6.07) is 9.06. The van der Waals surface area contributed by atoms with Crippen LogP contribution in [0.5, 0.6) is 23.1 Å². The lowest BCUT2D eigenvalue weighted by Gasteiger charge is -2.26. The maximum atomic E-state index is 12.6. The second-order valence-corrected chi connectivity index (χ2v) is 9.93. The van der Waals surface area contributed by atoms with E-state index < -0.39 is 0 Å². The molecular formula is C27H28N4O6S. The van der Waals surface area contributed by atoms with Crippen molar-refractivity contribution in [2.24, 2.45) is 9.98 Å². The first-order chi connectivity index (χ1) is 18.4. The number of benzene rings is 2. The number of aromatic hydroxyl groups is 1. The number of aliphatic imine (C=N–C) groups is 1. The van der Waals surface area contributed by atoms with Crippen LogP contribution in [0.3, 0.4) is 0 Å². The van der Waals surface area contributed by atoms with Crippen LogP contribution in [-0.4, -0.2) is 60.7 Å². The van der Waals surface area contributed by atoms with Gasteiger partial charge in [0.2, 0.25) is 17.5 Å². The molecule has 0 spiro atoms. The van der Waals surface area contributed by atoms with E-state index in [2.05, 4.69) is 9.98 Å². The van der Waals surface area contributed by atoms with E-state index in [-0.39, 0.29) is 23.2 Å². The molecule has 0 atom stereocenters. The molecular weight excluding hydrogens is 508 g/mol. The van der Waals surface area contributed by atoms with Crippen molar-refractivity contribution >= 4 is 34.8 Å². The van der Waals surface area contributed by atoms with E-state index in [0.29, 0.717) is 57.7 Å². The number of thiazole rings is 1. The fourth-order valence-electron chi connectivity index (χ4n) is 4.58. The lowest BCUT2D eigenvalue weighted by molar-refractivity contribution is -0.132. The predicted molar refractivity (Wildman–Crippen MR) is 144 cm³/mol. The number of carbonyl (C=O) groups is 1. The molecule has 3 aromatic rings. The number of amidine groups is 1. The molecule has 1 amide bonds. The predicted octanol–water partition coefficient (Wildman–Crippen LogP) is 2.19. The van der Waals surface area contributed by atoms with Crippen LogP contribution in [0, 0.1) is 0 Å². The van der Waals surface area contributed by atoms with Crippen LogP contribution in [0.15, 0.2) is 45.1 Å². The average molecular weight is 537 g/mol. The molecule has 2 aliphatic rings. The molecule has 38 heavy (non-hydrogen) atoms. The molecule has 11 heteroatoms. The van der Waals surface area contributed by atoms with Crippen molar-refractivity contribution in [1.29, 1.82) is 0 Å². The Labute approximate surface area is 222 Å². The number of hydrogen-bond acceptors (Lipinski definition) is 9. The summed E-state index contributed by atoms with van der Waals surface area (Å²) >= 11 is 0.899. The molecule has 10 nitrogen and oxygen atoms in total. The number of hydrogen-bond donors (Lipinski definition) is 1. The number of fused-ring (bicyclic) bond motifs is 1. The number of rotatable bonds is 7. The SMILES string of the molecule is COc1cc(C2=Nc3cc(=Cc4sc(=O)n(CC(=O)N5CCCCC5)c4O)ccc3=N2)cc(OC)c1OC. The van der Waals surface area contributed by atoms with Crippen molar-refractivity contribution in [2.45, 2.75) is 25.8 Å². The highest BCUT2D eigenvalue weighted by atomic mass is 32.1. The third-order valence-corrected chi connectivity index (χ3v) is 7.48. The summed E-state index contributed by atoms with van der Waals surface area (Å²) in [7, 11) is 4.64. The maximum Gasteiger partial charge on any atom is 0.311 e. The summed E-state index contributed by atoms with van der Waals surface area (Å²) in [6.07, 6.45) is 4.73. The fourth-order valence-corrected chi connectivity index (χ4v) is 5.43. The summed E-state index contributed by atoms with van der Waals surface area (Å²) in [6.45, 7) is 1.22. The number of aromatic nitrogens is 1. The zero-order chi connectivity index (χ0) is 26.8. The Balaban J connectivity index is 1.43. The average Bonchev–Trinajstić information content (AvgIpc) is 3.48. The molecule has 0 bridgehead atoms. The van der Waals surface area contributed by atoms with Gasteiger partial charge in [-0.15, -0.1) is 0 Å². The maximum absolute atomic E-state index is 12.6. The monoisotopic (exact) mass is 536 g/mol. The Bertz CT molecular complexity index is 1580. The van der Waals surface area contributed by atoms with Crippen LogP contribution >= 0.6 is 11.3 Å². The lowest BCUT2D eigenvalue weighted by Crippen LogP contribution is -2.38. The minimum Gasteiger partial charge on any atom is -0.493 e. The van der Waals surface area contributed by atoms with Gasteiger partial charge in [-0.2, -0.15) is 0 Å². The van der Waals surface area contributed by atoms with Gasteiger partial charge in [0.1, 0.15) is 6.54 Å². The van der Waals surface area contributed by atoms with Crippen LogP contribution in [0.25, 0.3) is 6.08 Å². The number of methoxy groups -OCH3 is 3. The van der Waals surface area contributed by atoms with Crippen LogP contribution < -0.4 is 29.7 Å². The minimum absolute atomic E-state index is 0.153. The van der Waals surface area contributed by atoms with E-state index in [4.69, 9.17) is 14.2 Å². The van der Waals surface area contributed by atoms with Crippen molar-refractivity contribution in [3.63, 3.8) is 0 Å². The second-order valence-electron chi connectivity index (χ2n) is 8.94. The quantitative estimate of drug-likeness (QED) is 0.495. The van der Waals surface area contributed by atoms with E-state index >= 15 is 0 Å². The third kappa shape index (κ3) is 4.89. The van der Waals surface area contributed by atoms with Crippen LogP contribution in [0.2, 0.25) is 0 Å². The van der Waals surface area contributed by atoms with E-state index in [9.17, 15) is 14.7 Å². The molecule has 5 rings (SSSR count). The Morgan fingerprint density at radius 1 is 1.03 bits per heavy atom. The van der Waals surface area contributed by atoms with E-state index in [1.165, 1.54) is 0 Å². The molecule has 2 aliphatic heterocycles. The number of carbonyl (C=O) groups excluding carboxylic acids is 1. The highest BCUT2D eigenvalue weighted by molar-refractivity contribution is 7.10. The molecule has 1 saturated heterocycles. The van der Waals surface area contributed by atoms with Gasteiger partial charge in [0.25, 0.3) is 0 Å². The van der Waals surface area contributed by atoms with Gasteiger partial charge in [-0.25, -0.2) is 9.98 Å². The Morgan fingerprint density at radius 3 is 2.39 bits per heavy atom. The van der Waals surface area contributed by atoms with Crippen molar-refractivity contribution in [1.82, 2.24) is 9.47 Å². The summed E-state index contributed by atoms with van der Waals surface area (Å²) in [5.74, 6) is 1.61. The van der Waals surface area contributed by atoms with Gasteiger partial charge in [-0.3, -0.25) is 14.2 Å². The molecule has 0 aliphatic carbocycles. The van der Waals surface area contributed by atoms with Crippen LogP contribution in [-0.2, 0) is 11.3 Å². The highest BCUT2D eigenvalue weighted by Crippen LogP contribution is 2.38. The molecule has 1 aromatic heterocycles. The first kappa shape index (κ1) is 25.5. The number of likely N-dealkylation sites (tertiary alicyclic amines) is 1. The molecule has 1 fully saturated rings. The van der Waals surface area contributed by atoms with Gasteiger partial charge < -0.3 is 24.2 Å². The van der Waals surface area contributed by atoms with Crippen molar-refractivity contribution in [3.05, 3.63) is 61.0 Å². The Hall–Kier alpha value is -4.12. The molecule has 0 saturated carbocycles. The van der Waals surface area contributed by atoms with E-state index in [1.807, 2.05) is 18.2 Å². The van der Waals surface area contributed by atoms with E-state index in [1.54, 1.807) is 44.4 Å². The Morgan fingerprint density at radius 2 is 1.74 bits per heavy atom. The summed E-state index contributed by atoms with van der Waals surface area (Å²) in [5.41, 5.74) is 1.35. The number of amides is 1. The highest BCUT2D eigenvalue weighted by Gasteiger charge is 2.21. The van der Waals surface area contributed by atoms with Gasteiger partial charge in [0.05, 0.1) is 37.3 Å². The van der Waals surface area contributed by atoms with Gasteiger partial charge >= 0.3 is 4.87 Å². The summed E-state index contributed by atoms with van der Waals surface area (Å²) in [5, 5.41) is 12.2. The van der Waals surface area contributed by atoms with Crippen molar-refractivity contribution in [3.8, 4) is 23.1 Å². The minimum atomic E-state index is -0.377. The zero-order valence-corrected chi connectivity index (χ0v) is 22.2. The largest absolute Gasteiger partial charge is 0.493 e. The van der Waals surface area contributed by atoms with Gasteiger partial charge in [-0.1, -0.05) is 17.4 Å². The molecule has 0 unspecified atom stereocenters. The van der Waals surface area contributed by atoms with Crippen molar-refractivity contribution < 1.29 is 24.1 Å². The number of nitrogens with zero attached hydrogens (tertiary/aromatic N) is 4.